The molecule has 2 nitrogen and oxygen atoms in total. The maximum atomic E-state index is 12.9. The van der Waals surface area contributed by atoms with Gasteiger partial charge in [-0.3, -0.25) is 4.21 Å². The second-order valence-electron chi connectivity index (χ2n) is 5.70. The summed E-state index contributed by atoms with van der Waals surface area (Å²) in [5.74, 6) is -0.897. The molecule has 0 spiro atoms. The van der Waals surface area contributed by atoms with Gasteiger partial charge in [0, 0.05) is 0 Å². The highest BCUT2D eigenvalue weighted by Crippen LogP contribution is 2.57. The van der Waals surface area contributed by atoms with Crippen LogP contribution in [0.1, 0.15) is 32.1 Å². The van der Waals surface area contributed by atoms with Crippen LogP contribution in [0.5, 0.6) is 0 Å². The van der Waals surface area contributed by atoms with Crippen molar-refractivity contribution in [1.29, 1.82) is 0 Å². The first-order valence-electron chi connectivity index (χ1n) is 6.22. The topological polar surface area (TPSA) is 40.1 Å². The molecule has 0 radical (unpaired) electrons. The minimum absolute atomic E-state index is 0.143. The standard InChI is InChI=1S/C11H14F6O2S/c12-10(13,14)9(20(18)19,11(15,16)17)5-8-4-6-1-2-7(8)3-6/h6-8H,1-5H2,(H,18,19)/p-1. The van der Waals surface area contributed by atoms with Gasteiger partial charge < -0.3 is 4.55 Å². The van der Waals surface area contributed by atoms with Crippen molar-refractivity contribution in [2.24, 2.45) is 17.8 Å². The van der Waals surface area contributed by atoms with Crippen molar-refractivity contribution in [2.75, 3.05) is 0 Å². The van der Waals surface area contributed by atoms with Gasteiger partial charge in [-0.1, -0.05) is 6.42 Å². The van der Waals surface area contributed by atoms with Crippen LogP contribution in [-0.2, 0) is 11.1 Å². The Morgan fingerprint density at radius 2 is 1.55 bits per heavy atom. The van der Waals surface area contributed by atoms with Crippen molar-refractivity contribution in [1.82, 2.24) is 0 Å². The zero-order chi connectivity index (χ0) is 15.3. The van der Waals surface area contributed by atoms with Crippen molar-refractivity contribution in [3.05, 3.63) is 0 Å². The molecule has 118 valence electrons. The fourth-order valence-electron chi connectivity index (χ4n) is 3.64. The molecule has 0 aromatic carbocycles. The van der Waals surface area contributed by atoms with Crippen molar-refractivity contribution in [2.45, 2.75) is 49.2 Å². The summed E-state index contributed by atoms with van der Waals surface area (Å²) in [6, 6.07) is 0. The van der Waals surface area contributed by atoms with Crippen LogP contribution in [0, 0.1) is 17.8 Å². The summed E-state index contributed by atoms with van der Waals surface area (Å²) < 4.78 is 94.5. The highest BCUT2D eigenvalue weighted by molar-refractivity contribution is 7.80. The van der Waals surface area contributed by atoms with Crippen molar-refractivity contribution >= 4 is 11.1 Å². The van der Waals surface area contributed by atoms with E-state index in [1.807, 2.05) is 0 Å². The summed E-state index contributed by atoms with van der Waals surface area (Å²) in [4.78, 5) is 0. The number of halogens is 6. The van der Waals surface area contributed by atoms with Gasteiger partial charge >= 0.3 is 12.4 Å². The first-order chi connectivity index (χ1) is 8.99. The van der Waals surface area contributed by atoms with Gasteiger partial charge in [0.05, 0.1) is 0 Å². The molecule has 0 aromatic rings. The van der Waals surface area contributed by atoms with E-state index >= 15 is 0 Å². The normalized spacial score (nSPS) is 32.6. The zero-order valence-corrected chi connectivity index (χ0v) is 11.1. The molecule has 2 bridgehead atoms. The molecule has 0 N–H and O–H groups in total. The SMILES string of the molecule is O=S([O-])C(CC1CC2CCC1C2)(C(F)(F)F)C(F)(F)F. The minimum atomic E-state index is -5.86. The second-order valence-corrected chi connectivity index (χ2v) is 6.86. The van der Waals surface area contributed by atoms with Crippen molar-refractivity contribution in [3.63, 3.8) is 0 Å². The number of alkyl halides is 6. The average molecular weight is 323 g/mol. The summed E-state index contributed by atoms with van der Waals surface area (Å²) in [6.07, 6.45) is -10.9. The lowest BCUT2D eigenvalue weighted by atomic mass is 9.81. The minimum Gasteiger partial charge on any atom is -0.771 e. The second kappa shape index (κ2) is 4.86. The largest absolute Gasteiger partial charge is 0.771 e. The van der Waals surface area contributed by atoms with E-state index in [9.17, 15) is 35.1 Å². The molecule has 2 rings (SSSR count). The predicted molar refractivity (Wildman–Crippen MR) is 57.3 cm³/mol. The molecular weight excluding hydrogens is 310 g/mol. The molecule has 2 aliphatic rings. The van der Waals surface area contributed by atoms with Gasteiger partial charge in [-0.2, -0.15) is 26.3 Å². The van der Waals surface area contributed by atoms with E-state index in [1.165, 1.54) is 0 Å². The van der Waals surface area contributed by atoms with Crippen molar-refractivity contribution in [3.8, 4) is 0 Å². The predicted octanol–water partition coefficient (Wildman–Crippen LogP) is 3.56. The molecule has 0 heterocycles. The molecule has 4 atom stereocenters. The molecule has 0 saturated heterocycles. The molecule has 0 amide bonds. The third kappa shape index (κ3) is 2.36. The summed E-state index contributed by atoms with van der Waals surface area (Å²) >= 11 is -4.30. The maximum Gasteiger partial charge on any atom is 0.413 e. The highest BCUT2D eigenvalue weighted by Gasteiger charge is 2.72. The Hall–Kier alpha value is -0.310. The van der Waals surface area contributed by atoms with Gasteiger partial charge in [0.1, 0.15) is 0 Å². The van der Waals surface area contributed by atoms with E-state index in [1.54, 1.807) is 0 Å². The quantitative estimate of drug-likeness (QED) is 0.588. The van der Waals surface area contributed by atoms with Gasteiger partial charge in [-0.25, -0.2) is 0 Å². The lowest BCUT2D eigenvalue weighted by molar-refractivity contribution is -0.272. The van der Waals surface area contributed by atoms with Crippen LogP contribution in [0.2, 0.25) is 0 Å². The van der Waals surface area contributed by atoms with Crippen LogP contribution in [0.15, 0.2) is 0 Å². The van der Waals surface area contributed by atoms with Crippen LogP contribution in [-0.4, -0.2) is 25.9 Å². The third-order valence-corrected chi connectivity index (χ3v) is 5.83. The lowest BCUT2D eigenvalue weighted by Crippen LogP contribution is -2.60. The van der Waals surface area contributed by atoms with E-state index in [2.05, 4.69) is 0 Å². The summed E-state index contributed by atoms with van der Waals surface area (Å²) in [5.41, 5.74) is 0. The Balaban J connectivity index is 2.34. The van der Waals surface area contributed by atoms with Crippen LogP contribution in [0.3, 0.4) is 0 Å². The van der Waals surface area contributed by atoms with E-state index < -0.39 is 40.5 Å². The Kier molecular flexibility index (Phi) is 3.90. The molecule has 20 heavy (non-hydrogen) atoms. The molecule has 2 aliphatic carbocycles. The molecule has 2 saturated carbocycles. The van der Waals surface area contributed by atoms with E-state index in [-0.39, 0.29) is 18.3 Å². The number of fused-ring (bicyclic) bond motifs is 2. The van der Waals surface area contributed by atoms with E-state index in [0.29, 0.717) is 12.8 Å². The molecule has 4 unspecified atom stereocenters. The first kappa shape index (κ1) is 16.1. The lowest BCUT2D eigenvalue weighted by Gasteiger charge is -2.41. The monoisotopic (exact) mass is 323 g/mol. The Labute approximate surface area is 114 Å². The van der Waals surface area contributed by atoms with Crippen LogP contribution in [0.4, 0.5) is 26.3 Å². The Morgan fingerprint density at radius 1 is 1.00 bits per heavy atom. The van der Waals surface area contributed by atoms with Crippen LogP contribution in [0.25, 0.3) is 0 Å². The molecule has 0 aliphatic heterocycles. The number of hydrogen-bond acceptors (Lipinski definition) is 2. The highest BCUT2D eigenvalue weighted by atomic mass is 32.2. The molecular formula is C11H13F6O2S-. The Bertz CT molecular complexity index is 391. The Morgan fingerprint density at radius 3 is 1.85 bits per heavy atom. The van der Waals surface area contributed by atoms with Gasteiger partial charge in [0.25, 0.3) is 0 Å². The molecule has 9 heteroatoms. The van der Waals surface area contributed by atoms with E-state index in [4.69, 9.17) is 0 Å². The smallest absolute Gasteiger partial charge is 0.413 e. The average Bonchev–Trinajstić information content (AvgIpc) is 2.82. The maximum absolute atomic E-state index is 12.9. The van der Waals surface area contributed by atoms with Crippen LogP contribution >= 0.6 is 0 Å². The van der Waals surface area contributed by atoms with Crippen molar-refractivity contribution < 1.29 is 35.1 Å². The van der Waals surface area contributed by atoms with Gasteiger partial charge in [-0.15, -0.1) is 0 Å². The fourth-order valence-corrected chi connectivity index (χ4v) is 4.37. The third-order valence-electron chi connectivity index (χ3n) is 4.63. The fraction of sp³-hybridized carbons (Fsp3) is 1.00. The van der Waals surface area contributed by atoms with Gasteiger partial charge in [0.15, 0.2) is 0 Å². The zero-order valence-electron chi connectivity index (χ0n) is 10.3. The number of hydrogen-bond donors (Lipinski definition) is 0. The molecule has 2 fully saturated rings. The molecule has 0 aromatic heterocycles. The summed E-state index contributed by atoms with van der Waals surface area (Å²) in [6.45, 7) is 0. The first-order valence-corrected chi connectivity index (χ1v) is 7.29. The van der Waals surface area contributed by atoms with Crippen LogP contribution < -0.4 is 0 Å². The number of rotatable bonds is 3. The van der Waals surface area contributed by atoms with Gasteiger partial charge in [0.2, 0.25) is 4.75 Å². The summed E-state index contributed by atoms with van der Waals surface area (Å²) in [5, 5.41) is 0. The summed E-state index contributed by atoms with van der Waals surface area (Å²) in [7, 11) is 0. The van der Waals surface area contributed by atoms with Gasteiger partial charge in [-0.05, 0) is 54.5 Å². The van der Waals surface area contributed by atoms with E-state index in [0.717, 1.165) is 6.42 Å².